The molecule has 0 fully saturated rings. The van der Waals surface area contributed by atoms with Crippen molar-refractivity contribution in [3.8, 4) is 5.75 Å². The second kappa shape index (κ2) is 6.04. The molecule has 3 N–H and O–H groups in total. The fourth-order valence-electron chi connectivity index (χ4n) is 1.81. The highest BCUT2D eigenvalue weighted by Gasteiger charge is 2.11. The quantitative estimate of drug-likeness (QED) is 0.794. The molecule has 1 aromatic carbocycles. The van der Waals surface area contributed by atoms with Crippen LogP contribution in [-0.2, 0) is 6.54 Å². The number of rotatable bonds is 4. The van der Waals surface area contributed by atoms with Gasteiger partial charge in [0.05, 0.1) is 23.4 Å². The van der Waals surface area contributed by atoms with Gasteiger partial charge >= 0.3 is 5.97 Å². The van der Waals surface area contributed by atoms with Gasteiger partial charge in [-0.1, -0.05) is 6.07 Å². The van der Waals surface area contributed by atoms with E-state index in [0.29, 0.717) is 5.69 Å². The van der Waals surface area contributed by atoms with Crippen molar-refractivity contribution >= 4 is 11.9 Å². The molecular weight excluding hydrogens is 272 g/mol. The van der Waals surface area contributed by atoms with Crippen LogP contribution < -0.4 is 5.32 Å². The largest absolute Gasteiger partial charge is 0.507 e. The van der Waals surface area contributed by atoms with Crippen molar-refractivity contribution in [1.29, 1.82) is 0 Å². The molecule has 0 spiro atoms. The lowest BCUT2D eigenvalue weighted by molar-refractivity contribution is 0.0696. The number of aromatic nitrogens is 1. The molecule has 0 unspecified atom stereocenters. The Kier molecular flexibility index (Phi) is 4.18. The minimum Gasteiger partial charge on any atom is -0.507 e. The van der Waals surface area contributed by atoms with Crippen molar-refractivity contribution < 1.29 is 19.8 Å². The van der Waals surface area contributed by atoms with Crippen LogP contribution in [0.1, 0.15) is 32.0 Å². The van der Waals surface area contributed by atoms with E-state index in [1.165, 1.54) is 30.5 Å². The maximum Gasteiger partial charge on any atom is 0.335 e. The van der Waals surface area contributed by atoms with Crippen LogP contribution in [-0.4, -0.2) is 27.1 Å². The number of aromatic hydroxyl groups is 1. The van der Waals surface area contributed by atoms with Gasteiger partial charge in [-0.25, -0.2) is 4.79 Å². The zero-order chi connectivity index (χ0) is 15.4. The van der Waals surface area contributed by atoms with E-state index >= 15 is 0 Å². The normalized spacial score (nSPS) is 10.1. The Hall–Kier alpha value is -2.89. The van der Waals surface area contributed by atoms with Gasteiger partial charge in [-0.15, -0.1) is 0 Å². The molecule has 0 aliphatic carbocycles. The molecule has 0 saturated carbocycles. The van der Waals surface area contributed by atoms with Gasteiger partial charge in [0.15, 0.2) is 0 Å². The Labute approximate surface area is 121 Å². The van der Waals surface area contributed by atoms with Crippen LogP contribution in [0, 0.1) is 6.92 Å². The molecule has 0 bridgehead atoms. The van der Waals surface area contributed by atoms with Gasteiger partial charge in [-0.05, 0) is 36.8 Å². The number of carboxylic acid groups (broad SMARTS) is 1. The van der Waals surface area contributed by atoms with Gasteiger partial charge in [-0.3, -0.25) is 9.78 Å². The third kappa shape index (κ3) is 3.56. The number of pyridine rings is 1. The number of amides is 1. The zero-order valence-corrected chi connectivity index (χ0v) is 11.3. The molecule has 0 aliphatic rings. The highest BCUT2D eigenvalue weighted by Crippen LogP contribution is 2.18. The van der Waals surface area contributed by atoms with E-state index in [0.717, 1.165) is 5.56 Å². The van der Waals surface area contributed by atoms with Crippen molar-refractivity contribution in [1.82, 2.24) is 10.3 Å². The van der Waals surface area contributed by atoms with Crippen LogP contribution in [0.5, 0.6) is 5.75 Å². The van der Waals surface area contributed by atoms with Gasteiger partial charge in [-0.2, -0.15) is 0 Å². The molecule has 1 aromatic heterocycles. The van der Waals surface area contributed by atoms with Crippen molar-refractivity contribution in [2.24, 2.45) is 0 Å². The van der Waals surface area contributed by atoms with Crippen LogP contribution in [0.25, 0.3) is 0 Å². The van der Waals surface area contributed by atoms with Crippen molar-refractivity contribution in [2.75, 3.05) is 0 Å². The van der Waals surface area contributed by atoms with Crippen LogP contribution in [0.4, 0.5) is 0 Å². The van der Waals surface area contributed by atoms with Crippen molar-refractivity contribution in [3.63, 3.8) is 0 Å². The lowest BCUT2D eigenvalue weighted by Gasteiger charge is -2.07. The van der Waals surface area contributed by atoms with Gasteiger partial charge in [0, 0.05) is 6.20 Å². The predicted octanol–water partition coefficient (Wildman–Crippen LogP) is 1.72. The van der Waals surface area contributed by atoms with Crippen LogP contribution in [0.2, 0.25) is 0 Å². The van der Waals surface area contributed by atoms with Crippen molar-refractivity contribution in [2.45, 2.75) is 13.5 Å². The van der Waals surface area contributed by atoms with Gasteiger partial charge in [0.2, 0.25) is 0 Å². The van der Waals surface area contributed by atoms with E-state index in [1.54, 1.807) is 6.07 Å². The number of nitrogens with zero attached hydrogens (tertiary/aromatic N) is 1. The Morgan fingerprint density at radius 3 is 2.67 bits per heavy atom. The van der Waals surface area contributed by atoms with E-state index in [4.69, 9.17) is 5.11 Å². The first kappa shape index (κ1) is 14.5. The summed E-state index contributed by atoms with van der Waals surface area (Å²) in [6, 6.07) is 7.51. The average Bonchev–Trinajstić information content (AvgIpc) is 2.45. The molecule has 6 nitrogen and oxygen atoms in total. The third-order valence-corrected chi connectivity index (χ3v) is 2.89. The summed E-state index contributed by atoms with van der Waals surface area (Å²) in [4.78, 5) is 26.8. The summed E-state index contributed by atoms with van der Waals surface area (Å²) in [5, 5.41) is 21.2. The molecular formula is C15H14N2O4. The topological polar surface area (TPSA) is 99.5 Å². The number of hydrogen-bond acceptors (Lipinski definition) is 4. The van der Waals surface area contributed by atoms with Crippen LogP contribution in [0.15, 0.2) is 36.5 Å². The summed E-state index contributed by atoms with van der Waals surface area (Å²) in [7, 11) is 0. The monoisotopic (exact) mass is 286 g/mol. The summed E-state index contributed by atoms with van der Waals surface area (Å²) in [6.07, 6.45) is 1.37. The Balaban J connectivity index is 2.07. The summed E-state index contributed by atoms with van der Waals surface area (Å²) < 4.78 is 0. The van der Waals surface area contributed by atoms with Crippen molar-refractivity contribution in [3.05, 3.63) is 58.9 Å². The molecule has 1 heterocycles. The second-order valence-electron chi connectivity index (χ2n) is 4.54. The van der Waals surface area contributed by atoms with E-state index < -0.39 is 11.9 Å². The first-order chi connectivity index (χ1) is 9.97. The molecule has 21 heavy (non-hydrogen) atoms. The molecule has 0 radical (unpaired) electrons. The van der Waals surface area contributed by atoms with E-state index in [1.807, 2.05) is 6.92 Å². The van der Waals surface area contributed by atoms with Crippen LogP contribution >= 0.6 is 0 Å². The smallest absolute Gasteiger partial charge is 0.335 e. The minimum atomic E-state index is -1.05. The molecule has 108 valence electrons. The first-order valence-electron chi connectivity index (χ1n) is 6.23. The molecule has 1 amide bonds. The standard InChI is InChI=1S/C15H14N2O4/c1-9-2-3-12(13(18)6-9)14(19)17-8-11-7-10(15(20)21)4-5-16-11/h2-7,18H,8H2,1H3,(H,17,19)(H,20,21). The molecule has 0 saturated heterocycles. The Morgan fingerprint density at radius 2 is 2.00 bits per heavy atom. The average molecular weight is 286 g/mol. The lowest BCUT2D eigenvalue weighted by Crippen LogP contribution is -2.23. The highest BCUT2D eigenvalue weighted by molar-refractivity contribution is 5.96. The number of aromatic carboxylic acids is 1. The van der Waals surface area contributed by atoms with Gasteiger partial charge < -0.3 is 15.5 Å². The number of carbonyl (C=O) groups excluding carboxylic acids is 1. The summed E-state index contributed by atoms with van der Waals surface area (Å²) >= 11 is 0. The van der Waals surface area contributed by atoms with E-state index in [-0.39, 0.29) is 23.4 Å². The summed E-state index contributed by atoms with van der Waals surface area (Å²) in [5.41, 5.74) is 1.54. The first-order valence-corrected chi connectivity index (χ1v) is 6.23. The number of nitrogens with one attached hydrogen (secondary N) is 1. The molecule has 0 atom stereocenters. The minimum absolute atomic E-state index is 0.0767. The zero-order valence-electron chi connectivity index (χ0n) is 11.3. The molecule has 6 heteroatoms. The second-order valence-corrected chi connectivity index (χ2v) is 4.54. The number of aryl methyl sites for hydroxylation is 1. The lowest BCUT2D eigenvalue weighted by atomic mass is 10.1. The van der Waals surface area contributed by atoms with Crippen LogP contribution in [0.3, 0.4) is 0 Å². The third-order valence-electron chi connectivity index (χ3n) is 2.89. The van der Waals surface area contributed by atoms with Gasteiger partial charge in [0.25, 0.3) is 5.91 Å². The van der Waals surface area contributed by atoms with E-state index in [2.05, 4.69) is 10.3 Å². The number of phenolic OH excluding ortho intramolecular Hbond substituents is 1. The van der Waals surface area contributed by atoms with E-state index in [9.17, 15) is 14.7 Å². The Bertz CT molecular complexity index is 698. The predicted molar refractivity (Wildman–Crippen MR) is 75.2 cm³/mol. The number of benzene rings is 1. The molecule has 2 rings (SSSR count). The fraction of sp³-hybridized carbons (Fsp3) is 0.133. The summed E-state index contributed by atoms with van der Waals surface area (Å²) in [5.74, 6) is -1.60. The number of hydrogen-bond donors (Lipinski definition) is 3. The SMILES string of the molecule is Cc1ccc(C(=O)NCc2cc(C(=O)O)ccn2)c(O)c1. The fourth-order valence-corrected chi connectivity index (χ4v) is 1.81. The number of phenols is 1. The number of carbonyl (C=O) groups is 2. The highest BCUT2D eigenvalue weighted by atomic mass is 16.4. The maximum absolute atomic E-state index is 12.0. The Morgan fingerprint density at radius 1 is 1.24 bits per heavy atom. The number of carboxylic acids is 1. The summed E-state index contributed by atoms with van der Waals surface area (Å²) in [6.45, 7) is 1.88. The van der Waals surface area contributed by atoms with Gasteiger partial charge in [0.1, 0.15) is 5.75 Å². The maximum atomic E-state index is 12.0. The molecule has 0 aliphatic heterocycles. The molecule has 2 aromatic rings.